The molecule has 5 atom stereocenters. The average Bonchev–Trinajstić information content (AvgIpc) is 2.96. The molecular weight excluding hydrogens is 394 g/mol. The minimum atomic E-state index is -2.70. The molecule has 1 aromatic carbocycles. The van der Waals surface area contributed by atoms with E-state index in [0.29, 0.717) is 10.9 Å². The molecule has 0 aliphatic carbocycles. The van der Waals surface area contributed by atoms with Crippen LogP contribution in [0.2, 0.25) is 0 Å². The standard InChI is InChI=1S/C14H15BrClNO6/c15-12(6-18)14(16,22)13(21,10(19)11(20)23-12)8-5-17-9-4-2-1-3-7(8)9/h1-5,10-11,17-22H,6H2/t10-,11+,12-,13-,14-/m1/s1. The first-order valence-electron chi connectivity index (χ1n) is 6.73. The van der Waals surface area contributed by atoms with E-state index in [4.69, 9.17) is 16.3 Å². The van der Waals surface area contributed by atoms with Crippen LogP contribution in [-0.4, -0.2) is 59.1 Å². The van der Waals surface area contributed by atoms with E-state index in [1.54, 1.807) is 24.3 Å². The highest BCUT2D eigenvalue weighted by Crippen LogP contribution is 2.55. The van der Waals surface area contributed by atoms with Crippen LogP contribution in [-0.2, 0) is 10.3 Å². The quantitative estimate of drug-likeness (QED) is 0.391. The average molecular weight is 409 g/mol. The SMILES string of the molecule is OC[C@@]1(Br)O[C@H](O)[C@@H](O)[C@](O)(c2c[nH]c3ccccc23)[C@@]1(O)Cl. The Labute approximate surface area is 144 Å². The molecule has 1 saturated heterocycles. The van der Waals surface area contributed by atoms with Crippen molar-refractivity contribution < 1.29 is 30.3 Å². The number of aromatic amines is 1. The van der Waals surface area contributed by atoms with Gasteiger partial charge in [-0.05, 0) is 22.0 Å². The van der Waals surface area contributed by atoms with Crippen LogP contribution in [0.5, 0.6) is 0 Å². The zero-order valence-electron chi connectivity index (χ0n) is 11.6. The van der Waals surface area contributed by atoms with E-state index in [2.05, 4.69) is 20.9 Å². The van der Waals surface area contributed by atoms with Crippen molar-refractivity contribution in [3.8, 4) is 0 Å². The third-order valence-corrected chi connectivity index (χ3v) is 6.04. The van der Waals surface area contributed by atoms with Crippen LogP contribution in [0.4, 0.5) is 0 Å². The van der Waals surface area contributed by atoms with Gasteiger partial charge < -0.3 is 35.3 Å². The molecule has 2 aromatic rings. The van der Waals surface area contributed by atoms with Crippen LogP contribution in [0, 0.1) is 0 Å². The number of aliphatic hydroxyl groups is 5. The van der Waals surface area contributed by atoms with Crippen LogP contribution in [0.25, 0.3) is 10.9 Å². The van der Waals surface area contributed by atoms with Crippen molar-refractivity contribution in [2.45, 2.75) is 27.6 Å². The van der Waals surface area contributed by atoms with Crippen molar-refractivity contribution >= 4 is 38.4 Å². The summed E-state index contributed by atoms with van der Waals surface area (Å²) >= 11 is 9.04. The van der Waals surface area contributed by atoms with Gasteiger partial charge in [-0.3, -0.25) is 0 Å². The van der Waals surface area contributed by atoms with E-state index < -0.39 is 34.2 Å². The molecule has 2 heterocycles. The first-order chi connectivity index (χ1) is 10.7. The molecule has 9 heteroatoms. The highest BCUT2D eigenvalue weighted by molar-refractivity contribution is 9.10. The van der Waals surface area contributed by atoms with Gasteiger partial charge in [0.05, 0.1) is 6.61 Å². The Hall–Kier alpha value is -0.710. The van der Waals surface area contributed by atoms with Gasteiger partial charge in [0, 0.05) is 22.7 Å². The highest BCUT2D eigenvalue weighted by Gasteiger charge is 2.71. The molecule has 0 unspecified atom stereocenters. The number of fused-ring (bicyclic) bond motifs is 1. The van der Waals surface area contributed by atoms with Gasteiger partial charge >= 0.3 is 0 Å². The van der Waals surface area contributed by atoms with Crippen molar-refractivity contribution in [3.63, 3.8) is 0 Å². The molecule has 0 amide bonds. The lowest BCUT2D eigenvalue weighted by molar-refractivity contribution is -0.348. The maximum Gasteiger partial charge on any atom is 0.216 e. The summed E-state index contributed by atoms with van der Waals surface area (Å²) in [6.45, 7) is -0.874. The Morgan fingerprint density at radius 3 is 2.57 bits per heavy atom. The smallest absolute Gasteiger partial charge is 0.216 e. The minimum Gasteiger partial charge on any atom is -0.392 e. The molecule has 1 fully saturated rings. The number of ether oxygens (including phenoxy) is 1. The second-order valence-corrected chi connectivity index (χ2v) is 7.30. The maximum atomic E-state index is 11.1. The van der Waals surface area contributed by atoms with Crippen molar-refractivity contribution in [1.29, 1.82) is 0 Å². The number of aliphatic hydroxyl groups excluding tert-OH is 3. The lowest BCUT2D eigenvalue weighted by Crippen LogP contribution is -2.74. The summed E-state index contributed by atoms with van der Waals surface area (Å²) in [5, 5.41) is 49.4. The number of nitrogens with one attached hydrogen (secondary N) is 1. The van der Waals surface area contributed by atoms with Crippen molar-refractivity contribution in [2.75, 3.05) is 6.61 Å². The highest BCUT2D eigenvalue weighted by atomic mass is 79.9. The fourth-order valence-corrected chi connectivity index (χ4v) is 3.70. The van der Waals surface area contributed by atoms with Crippen LogP contribution in [0.15, 0.2) is 30.5 Å². The molecule has 3 rings (SSSR count). The Bertz CT molecular complexity index is 739. The van der Waals surface area contributed by atoms with Gasteiger partial charge in [0.1, 0.15) is 6.10 Å². The molecule has 0 spiro atoms. The molecule has 6 N–H and O–H groups in total. The first-order valence-corrected chi connectivity index (χ1v) is 7.90. The van der Waals surface area contributed by atoms with Crippen molar-refractivity contribution in [1.82, 2.24) is 4.98 Å². The zero-order chi connectivity index (χ0) is 17.0. The number of alkyl halides is 2. The molecular formula is C14H15BrClNO6. The Balaban J connectivity index is 2.28. The largest absolute Gasteiger partial charge is 0.392 e. The van der Waals surface area contributed by atoms with Gasteiger partial charge in [0.15, 0.2) is 16.4 Å². The Kier molecular flexibility index (Phi) is 4.02. The minimum absolute atomic E-state index is 0.0534. The first kappa shape index (κ1) is 17.1. The lowest BCUT2D eigenvalue weighted by atomic mass is 9.77. The Morgan fingerprint density at radius 2 is 1.91 bits per heavy atom. The monoisotopic (exact) mass is 407 g/mol. The van der Waals surface area contributed by atoms with Crippen molar-refractivity contribution in [3.05, 3.63) is 36.0 Å². The second kappa shape index (κ2) is 5.40. The molecule has 1 aliphatic rings. The fraction of sp³-hybridized carbons (Fsp3) is 0.429. The molecule has 0 saturated carbocycles. The molecule has 23 heavy (non-hydrogen) atoms. The predicted molar refractivity (Wildman–Crippen MR) is 84.8 cm³/mol. The summed E-state index contributed by atoms with van der Waals surface area (Å²) < 4.78 is 2.87. The van der Waals surface area contributed by atoms with E-state index in [1.807, 2.05) is 0 Å². The van der Waals surface area contributed by atoms with Crippen LogP contribution in [0.3, 0.4) is 0 Å². The number of hydrogen-bond donors (Lipinski definition) is 6. The number of halogens is 2. The molecule has 1 aromatic heterocycles. The van der Waals surface area contributed by atoms with Gasteiger partial charge in [0.25, 0.3) is 0 Å². The number of para-hydroxylation sites is 1. The molecule has 126 valence electrons. The van der Waals surface area contributed by atoms with Gasteiger partial charge in [-0.2, -0.15) is 0 Å². The van der Waals surface area contributed by atoms with Crippen LogP contribution >= 0.6 is 27.5 Å². The summed E-state index contributed by atoms with van der Waals surface area (Å²) in [6, 6.07) is 6.84. The van der Waals surface area contributed by atoms with E-state index >= 15 is 0 Å². The number of H-pyrrole nitrogens is 1. The summed E-state index contributed by atoms with van der Waals surface area (Å²) in [5.74, 6) is 0. The van der Waals surface area contributed by atoms with Gasteiger partial charge in [-0.1, -0.05) is 29.8 Å². The Morgan fingerprint density at radius 1 is 1.26 bits per heavy atom. The number of benzene rings is 1. The maximum absolute atomic E-state index is 11.1. The third-order valence-electron chi connectivity index (χ3n) is 4.21. The predicted octanol–water partition coefficient (Wildman–Crippen LogP) is 0.0759. The van der Waals surface area contributed by atoms with Crippen molar-refractivity contribution in [2.24, 2.45) is 0 Å². The van der Waals surface area contributed by atoms with E-state index in [1.165, 1.54) is 6.20 Å². The van der Waals surface area contributed by atoms with Gasteiger partial charge in [-0.15, -0.1) is 0 Å². The molecule has 0 bridgehead atoms. The van der Waals surface area contributed by atoms with E-state index in [-0.39, 0.29) is 5.56 Å². The molecule has 7 nitrogen and oxygen atoms in total. The topological polar surface area (TPSA) is 126 Å². The number of hydrogen-bond acceptors (Lipinski definition) is 6. The summed E-state index contributed by atoms with van der Waals surface area (Å²) in [7, 11) is 0. The summed E-state index contributed by atoms with van der Waals surface area (Å²) in [6.07, 6.45) is -2.51. The summed E-state index contributed by atoms with van der Waals surface area (Å²) in [5.41, 5.74) is -1.86. The number of aromatic nitrogens is 1. The van der Waals surface area contributed by atoms with Gasteiger partial charge in [-0.25, -0.2) is 0 Å². The molecule has 1 aliphatic heterocycles. The normalized spacial score (nSPS) is 41.3. The lowest BCUT2D eigenvalue weighted by Gasteiger charge is -2.54. The third kappa shape index (κ3) is 2.11. The van der Waals surface area contributed by atoms with Crippen LogP contribution < -0.4 is 0 Å². The van der Waals surface area contributed by atoms with Gasteiger partial charge in [0.2, 0.25) is 5.06 Å². The number of rotatable bonds is 2. The fourth-order valence-electron chi connectivity index (χ4n) is 2.89. The second-order valence-electron chi connectivity index (χ2n) is 5.48. The summed E-state index contributed by atoms with van der Waals surface area (Å²) in [4.78, 5) is 2.89. The van der Waals surface area contributed by atoms with E-state index in [9.17, 15) is 25.5 Å². The van der Waals surface area contributed by atoms with Crippen LogP contribution in [0.1, 0.15) is 5.56 Å². The van der Waals surface area contributed by atoms with E-state index in [0.717, 1.165) is 0 Å². The zero-order valence-corrected chi connectivity index (χ0v) is 14.0. The molecule has 0 radical (unpaired) electrons.